The van der Waals surface area contributed by atoms with E-state index in [0.29, 0.717) is 46.5 Å². The van der Waals surface area contributed by atoms with E-state index in [-0.39, 0.29) is 4.90 Å². The molecule has 0 spiro atoms. The molecule has 10 nitrogen and oxygen atoms in total. The van der Waals surface area contributed by atoms with Crippen molar-refractivity contribution in [1.82, 2.24) is 4.57 Å². The predicted molar refractivity (Wildman–Crippen MR) is 145 cm³/mol. The number of rotatable bonds is 10. The van der Waals surface area contributed by atoms with E-state index in [1.54, 1.807) is 33.5 Å². The van der Waals surface area contributed by atoms with Crippen LogP contribution in [0, 0.1) is 0 Å². The monoisotopic (exact) mass is 557 g/mol. The fourth-order valence-corrected chi connectivity index (χ4v) is 5.81. The molecule has 3 aromatic carbocycles. The minimum absolute atomic E-state index is 0.0899. The van der Waals surface area contributed by atoms with Crippen LogP contribution in [0.25, 0.3) is 10.2 Å². The number of ether oxygens (including phenoxy) is 4. The van der Waals surface area contributed by atoms with Crippen LogP contribution in [0.5, 0.6) is 17.2 Å². The molecule has 0 aliphatic heterocycles. The molecule has 0 saturated carbocycles. The van der Waals surface area contributed by atoms with Gasteiger partial charge in [-0.3, -0.25) is 9.52 Å². The van der Waals surface area contributed by atoms with Crippen molar-refractivity contribution >= 4 is 43.2 Å². The van der Waals surface area contributed by atoms with Crippen molar-refractivity contribution in [2.75, 3.05) is 39.8 Å². The van der Waals surface area contributed by atoms with Gasteiger partial charge in [-0.1, -0.05) is 11.3 Å². The van der Waals surface area contributed by atoms with E-state index in [0.717, 1.165) is 10.2 Å². The van der Waals surface area contributed by atoms with Gasteiger partial charge in [0, 0.05) is 37.0 Å². The highest BCUT2D eigenvalue weighted by Crippen LogP contribution is 2.33. The SMILES string of the molecule is COCCn1c(=NC(=O)c2ccc(NS(=O)(=O)c3ccc(OC)cc3)cc2)sc2cc(OC)c(OC)cc21. The average Bonchev–Trinajstić information content (AvgIpc) is 3.26. The minimum Gasteiger partial charge on any atom is -0.497 e. The Bertz CT molecular complexity index is 1610. The summed E-state index contributed by atoms with van der Waals surface area (Å²) in [5.74, 6) is 1.22. The van der Waals surface area contributed by atoms with Crippen molar-refractivity contribution in [1.29, 1.82) is 0 Å². The van der Waals surface area contributed by atoms with Gasteiger partial charge in [0.15, 0.2) is 16.3 Å². The van der Waals surface area contributed by atoms with Crippen molar-refractivity contribution in [2.45, 2.75) is 11.4 Å². The molecule has 4 aromatic rings. The first-order valence-electron chi connectivity index (χ1n) is 11.4. The Hall–Kier alpha value is -3.87. The van der Waals surface area contributed by atoms with E-state index < -0.39 is 15.9 Å². The molecule has 0 fully saturated rings. The van der Waals surface area contributed by atoms with Gasteiger partial charge in [0.1, 0.15) is 5.75 Å². The second-order valence-electron chi connectivity index (χ2n) is 7.98. The second-order valence-corrected chi connectivity index (χ2v) is 10.7. The Labute approximate surface area is 224 Å². The highest BCUT2D eigenvalue weighted by atomic mass is 32.2. The van der Waals surface area contributed by atoms with Crippen LogP contribution >= 0.6 is 11.3 Å². The lowest BCUT2D eigenvalue weighted by Gasteiger charge is -2.09. The van der Waals surface area contributed by atoms with E-state index in [1.807, 2.05) is 16.7 Å². The van der Waals surface area contributed by atoms with Gasteiger partial charge in [-0.05, 0) is 48.5 Å². The third kappa shape index (κ3) is 5.82. The second kappa shape index (κ2) is 11.7. The maximum absolute atomic E-state index is 13.0. The van der Waals surface area contributed by atoms with Gasteiger partial charge in [0.2, 0.25) is 0 Å². The number of carbonyl (C=O) groups excluding carboxylic acids is 1. The van der Waals surface area contributed by atoms with Gasteiger partial charge in [-0.15, -0.1) is 0 Å². The summed E-state index contributed by atoms with van der Waals surface area (Å²) in [5.41, 5.74) is 1.46. The maximum atomic E-state index is 13.0. The number of nitrogens with one attached hydrogen (secondary N) is 1. The molecule has 12 heteroatoms. The Morgan fingerprint density at radius 3 is 2.18 bits per heavy atom. The first-order valence-corrected chi connectivity index (χ1v) is 13.7. The average molecular weight is 558 g/mol. The van der Waals surface area contributed by atoms with Crippen LogP contribution in [0.4, 0.5) is 5.69 Å². The van der Waals surface area contributed by atoms with E-state index in [4.69, 9.17) is 18.9 Å². The number of aromatic nitrogens is 1. The van der Waals surface area contributed by atoms with Gasteiger partial charge in [0.25, 0.3) is 15.9 Å². The van der Waals surface area contributed by atoms with Gasteiger partial charge in [-0.2, -0.15) is 4.99 Å². The Kier molecular flexibility index (Phi) is 8.35. The number of amides is 1. The van der Waals surface area contributed by atoms with Crippen LogP contribution in [0.1, 0.15) is 10.4 Å². The molecule has 0 bridgehead atoms. The number of hydrogen-bond donors (Lipinski definition) is 1. The molecule has 4 rings (SSSR count). The normalized spacial score (nSPS) is 11.9. The first kappa shape index (κ1) is 27.2. The summed E-state index contributed by atoms with van der Waals surface area (Å²) in [4.78, 5) is 18.0. The Balaban J connectivity index is 1.62. The Morgan fingerprint density at radius 1 is 0.921 bits per heavy atom. The summed E-state index contributed by atoms with van der Waals surface area (Å²) in [7, 11) is 2.42. The lowest BCUT2D eigenvalue weighted by atomic mass is 10.2. The summed E-state index contributed by atoms with van der Waals surface area (Å²) in [6.07, 6.45) is 0. The van der Waals surface area contributed by atoms with Crippen molar-refractivity contribution in [3.05, 3.63) is 71.0 Å². The molecule has 1 amide bonds. The number of sulfonamides is 1. The molecule has 38 heavy (non-hydrogen) atoms. The standard InChI is InChI=1S/C26H27N3O7S2/c1-33-14-13-29-21-15-22(35-3)23(36-4)16-24(21)37-26(29)27-25(30)17-5-7-18(8-6-17)28-38(31,32)20-11-9-19(34-2)10-12-20/h5-12,15-16,28H,13-14H2,1-4H3. The molecule has 0 saturated heterocycles. The molecule has 0 aliphatic rings. The van der Waals surface area contributed by atoms with E-state index in [2.05, 4.69) is 9.71 Å². The zero-order valence-corrected chi connectivity index (χ0v) is 22.9. The predicted octanol–water partition coefficient (Wildman–Crippen LogP) is 3.92. The number of thiazole rings is 1. The Morgan fingerprint density at radius 2 is 1.58 bits per heavy atom. The number of anilines is 1. The van der Waals surface area contributed by atoms with Crippen LogP contribution in [-0.2, 0) is 21.3 Å². The maximum Gasteiger partial charge on any atom is 0.279 e. The van der Waals surface area contributed by atoms with E-state index in [1.165, 1.54) is 54.8 Å². The summed E-state index contributed by atoms with van der Waals surface area (Å²) in [5, 5.41) is 0. The van der Waals surface area contributed by atoms with Gasteiger partial charge in [-0.25, -0.2) is 8.42 Å². The minimum atomic E-state index is -3.81. The first-order chi connectivity index (χ1) is 18.3. The number of hydrogen-bond acceptors (Lipinski definition) is 8. The topological polar surface area (TPSA) is 117 Å². The highest BCUT2D eigenvalue weighted by Gasteiger charge is 2.16. The quantitative estimate of drug-likeness (QED) is 0.314. The zero-order chi connectivity index (χ0) is 27.3. The van der Waals surface area contributed by atoms with Gasteiger partial charge < -0.3 is 23.5 Å². The molecule has 0 aliphatic carbocycles. The van der Waals surface area contributed by atoms with Gasteiger partial charge >= 0.3 is 0 Å². The lowest BCUT2D eigenvalue weighted by Crippen LogP contribution is -2.19. The summed E-state index contributed by atoms with van der Waals surface area (Å²) >= 11 is 1.34. The third-order valence-corrected chi connectivity index (χ3v) is 8.10. The van der Waals surface area contributed by atoms with Crippen LogP contribution < -0.4 is 23.7 Å². The van der Waals surface area contributed by atoms with E-state index in [9.17, 15) is 13.2 Å². The van der Waals surface area contributed by atoms with Crippen LogP contribution in [0.3, 0.4) is 0 Å². The molecule has 1 N–H and O–H groups in total. The number of methoxy groups -OCH3 is 4. The van der Waals surface area contributed by atoms with Crippen molar-refractivity contribution in [3.8, 4) is 17.2 Å². The molecular weight excluding hydrogens is 530 g/mol. The van der Waals surface area contributed by atoms with Crippen LogP contribution in [0.15, 0.2) is 70.6 Å². The molecule has 1 heterocycles. The third-order valence-electron chi connectivity index (χ3n) is 5.66. The molecular formula is C26H27N3O7S2. The van der Waals surface area contributed by atoms with Crippen molar-refractivity contribution < 1.29 is 32.2 Å². The molecule has 0 unspecified atom stereocenters. The highest BCUT2D eigenvalue weighted by molar-refractivity contribution is 7.92. The number of nitrogens with zero attached hydrogens (tertiary/aromatic N) is 2. The number of fused-ring (bicyclic) bond motifs is 1. The molecule has 1 aromatic heterocycles. The fraction of sp³-hybridized carbons (Fsp3) is 0.231. The van der Waals surface area contributed by atoms with Crippen LogP contribution in [0.2, 0.25) is 0 Å². The largest absolute Gasteiger partial charge is 0.497 e. The summed E-state index contributed by atoms with van der Waals surface area (Å²) in [6, 6.07) is 15.8. The van der Waals surface area contributed by atoms with Gasteiger partial charge in [0.05, 0.1) is 43.0 Å². The molecule has 0 radical (unpaired) electrons. The van der Waals surface area contributed by atoms with Crippen molar-refractivity contribution in [3.63, 3.8) is 0 Å². The summed E-state index contributed by atoms with van der Waals surface area (Å²) in [6.45, 7) is 0.898. The van der Waals surface area contributed by atoms with E-state index >= 15 is 0 Å². The lowest BCUT2D eigenvalue weighted by molar-refractivity contribution is 0.0997. The number of carbonyl (C=O) groups is 1. The van der Waals surface area contributed by atoms with Crippen molar-refractivity contribution in [2.24, 2.45) is 4.99 Å². The molecule has 200 valence electrons. The zero-order valence-electron chi connectivity index (χ0n) is 21.3. The molecule has 0 atom stereocenters. The fourth-order valence-electron chi connectivity index (χ4n) is 3.68. The van der Waals surface area contributed by atoms with Crippen LogP contribution in [-0.4, -0.2) is 53.9 Å². The number of benzene rings is 3. The summed E-state index contributed by atoms with van der Waals surface area (Å²) < 4.78 is 51.8. The smallest absolute Gasteiger partial charge is 0.279 e.